The van der Waals surface area contributed by atoms with E-state index in [-0.39, 0.29) is 6.03 Å². The highest BCUT2D eigenvalue weighted by atomic mass is 16.2. The van der Waals surface area contributed by atoms with Gasteiger partial charge in [-0.25, -0.2) is 4.79 Å². The zero-order chi connectivity index (χ0) is 13.7. The van der Waals surface area contributed by atoms with Gasteiger partial charge in [-0.05, 0) is 30.2 Å². The Morgan fingerprint density at radius 2 is 1.89 bits per heavy atom. The molecule has 19 heavy (non-hydrogen) atoms. The first-order valence-electron chi connectivity index (χ1n) is 6.10. The van der Waals surface area contributed by atoms with Gasteiger partial charge in [-0.2, -0.15) is 0 Å². The summed E-state index contributed by atoms with van der Waals surface area (Å²) in [4.78, 5) is 11.8. The number of benzene rings is 2. The van der Waals surface area contributed by atoms with Gasteiger partial charge in [0.2, 0.25) is 0 Å². The van der Waals surface area contributed by atoms with Crippen molar-refractivity contribution >= 4 is 17.4 Å². The van der Waals surface area contributed by atoms with Gasteiger partial charge in [0.15, 0.2) is 0 Å². The highest BCUT2D eigenvalue weighted by molar-refractivity contribution is 5.92. The summed E-state index contributed by atoms with van der Waals surface area (Å²) in [5.41, 5.74) is 9.09. The maximum atomic E-state index is 11.8. The molecule has 0 atom stereocenters. The van der Waals surface area contributed by atoms with Gasteiger partial charge in [-0.15, -0.1) is 0 Å². The molecule has 0 aliphatic carbocycles. The number of urea groups is 1. The first kappa shape index (κ1) is 13.0. The van der Waals surface area contributed by atoms with Crippen LogP contribution in [-0.2, 0) is 6.54 Å². The lowest BCUT2D eigenvalue weighted by Gasteiger charge is -2.10. The molecule has 4 heteroatoms. The van der Waals surface area contributed by atoms with Crippen LogP contribution in [0, 0.1) is 6.92 Å². The van der Waals surface area contributed by atoms with Gasteiger partial charge >= 0.3 is 6.03 Å². The normalized spacial score (nSPS) is 9.95. The largest absolute Gasteiger partial charge is 0.397 e. The molecule has 0 saturated heterocycles. The molecule has 2 aromatic rings. The van der Waals surface area contributed by atoms with Crippen molar-refractivity contribution in [2.45, 2.75) is 13.5 Å². The highest BCUT2D eigenvalue weighted by Crippen LogP contribution is 2.19. The van der Waals surface area contributed by atoms with Crippen LogP contribution < -0.4 is 16.4 Å². The smallest absolute Gasteiger partial charge is 0.319 e. The zero-order valence-corrected chi connectivity index (χ0v) is 10.8. The molecule has 0 aromatic heterocycles. The molecule has 4 nitrogen and oxygen atoms in total. The van der Waals surface area contributed by atoms with Crippen LogP contribution in [-0.4, -0.2) is 6.03 Å². The molecule has 0 heterocycles. The van der Waals surface area contributed by atoms with Crippen LogP contribution >= 0.6 is 0 Å². The first-order chi connectivity index (χ1) is 9.15. The Labute approximate surface area is 112 Å². The maximum Gasteiger partial charge on any atom is 0.319 e. The van der Waals surface area contributed by atoms with E-state index in [0.717, 1.165) is 11.1 Å². The molecular weight excluding hydrogens is 238 g/mol. The van der Waals surface area contributed by atoms with Gasteiger partial charge in [0.05, 0.1) is 11.4 Å². The van der Waals surface area contributed by atoms with Crippen LogP contribution in [0.15, 0.2) is 48.5 Å². The van der Waals surface area contributed by atoms with Gasteiger partial charge in [0.1, 0.15) is 0 Å². The van der Waals surface area contributed by atoms with Crippen LogP contribution in [0.4, 0.5) is 16.2 Å². The minimum Gasteiger partial charge on any atom is -0.397 e. The summed E-state index contributed by atoms with van der Waals surface area (Å²) < 4.78 is 0. The van der Waals surface area contributed by atoms with Crippen LogP contribution in [0.2, 0.25) is 0 Å². The molecule has 0 saturated carbocycles. The average Bonchev–Trinajstić information content (AvgIpc) is 2.42. The van der Waals surface area contributed by atoms with Crippen molar-refractivity contribution in [3.63, 3.8) is 0 Å². The summed E-state index contributed by atoms with van der Waals surface area (Å²) >= 11 is 0. The summed E-state index contributed by atoms with van der Waals surface area (Å²) in [5.74, 6) is 0. The number of amides is 2. The number of carbonyl (C=O) groups excluding carboxylic acids is 1. The molecule has 0 aliphatic heterocycles. The molecule has 2 aromatic carbocycles. The fourth-order valence-corrected chi connectivity index (χ4v) is 1.72. The lowest BCUT2D eigenvalue weighted by atomic mass is 10.2. The minimum absolute atomic E-state index is 0.263. The van der Waals surface area contributed by atoms with E-state index in [1.165, 1.54) is 0 Å². The predicted octanol–water partition coefficient (Wildman–Crippen LogP) is 2.90. The Morgan fingerprint density at radius 1 is 1.16 bits per heavy atom. The summed E-state index contributed by atoms with van der Waals surface area (Å²) in [6.07, 6.45) is 0. The van der Waals surface area contributed by atoms with Crippen molar-refractivity contribution in [2.75, 3.05) is 11.1 Å². The van der Waals surface area contributed by atoms with Crippen molar-refractivity contribution in [1.29, 1.82) is 0 Å². The van der Waals surface area contributed by atoms with Crippen molar-refractivity contribution < 1.29 is 4.79 Å². The molecule has 0 fully saturated rings. The molecule has 0 aliphatic rings. The van der Waals surface area contributed by atoms with Gasteiger partial charge in [0.25, 0.3) is 0 Å². The standard InChI is InChI=1S/C15H17N3O/c1-11-7-8-13(16)14(9-11)18-15(19)17-10-12-5-3-2-4-6-12/h2-9H,10,16H2,1H3,(H2,17,18,19). The maximum absolute atomic E-state index is 11.8. The number of nitrogens with two attached hydrogens (primary N) is 1. The first-order valence-corrected chi connectivity index (χ1v) is 6.10. The van der Waals surface area contributed by atoms with Crippen molar-refractivity contribution in [3.8, 4) is 0 Å². The quantitative estimate of drug-likeness (QED) is 0.738. The lowest BCUT2D eigenvalue weighted by Crippen LogP contribution is -2.28. The van der Waals surface area contributed by atoms with E-state index >= 15 is 0 Å². The number of rotatable bonds is 3. The molecule has 2 rings (SSSR count). The zero-order valence-electron chi connectivity index (χ0n) is 10.8. The monoisotopic (exact) mass is 255 g/mol. The third kappa shape index (κ3) is 3.74. The summed E-state index contributed by atoms with van der Waals surface area (Å²) in [6, 6.07) is 15.0. The molecule has 0 bridgehead atoms. The van der Waals surface area contributed by atoms with E-state index in [0.29, 0.717) is 17.9 Å². The number of hydrogen-bond acceptors (Lipinski definition) is 2. The fraction of sp³-hybridized carbons (Fsp3) is 0.133. The molecule has 98 valence electrons. The summed E-state index contributed by atoms with van der Waals surface area (Å²) in [7, 11) is 0. The Morgan fingerprint density at radius 3 is 2.63 bits per heavy atom. The van der Waals surface area contributed by atoms with Gasteiger partial charge in [0, 0.05) is 6.54 Å². The average molecular weight is 255 g/mol. The minimum atomic E-state index is -0.263. The van der Waals surface area contributed by atoms with Crippen LogP contribution in [0.25, 0.3) is 0 Å². The van der Waals surface area contributed by atoms with E-state index < -0.39 is 0 Å². The Bertz CT molecular complexity index is 567. The van der Waals surface area contributed by atoms with E-state index in [1.54, 1.807) is 6.07 Å². The number of nitrogens with one attached hydrogen (secondary N) is 2. The number of carbonyl (C=O) groups is 1. The van der Waals surface area contributed by atoms with Crippen LogP contribution in [0.1, 0.15) is 11.1 Å². The second-order valence-corrected chi connectivity index (χ2v) is 4.38. The second-order valence-electron chi connectivity index (χ2n) is 4.38. The third-order valence-electron chi connectivity index (χ3n) is 2.75. The van der Waals surface area contributed by atoms with Crippen molar-refractivity contribution in [1.82, 2.24) is 5.32 Å². The summed E-state index contributed by atoms with van der Waals surface area (Å²) in [5, 5.41) is 5.53. The van der Waals surface area contributed by atoms with E-state index in [9.17, 15) is 4.79 Å². The molecule has 0 radical (unpaired) electrons. The number of nitrogen functional groups attached to an aromatic ring is 1. The lowest BCUT2D eigenvalue weighted by molar-refractivity contribution is 0.252. The van der Waals surface area contributed by atoms with Gasteiger partial charge in [-0.1, -0.05) is 36.4 Å². The number of anilines is 2. The molecule has 2 amide bonds. The topological polar surface area (TPSA) is 67.1 Å². The van der Waals surface area contributed by atoms with Crippen LogP contribution in [0.5, 0.6) is 0 Å². The Kier molecular flexibility index (Phi) is 4.03. The number of aryl methyl sites for hydroxylation is 1. The van der Waals surface area contributed by atoms with E-state index in [1.807, 2.05) is 49.4 Å². The number of hydrogen-bond donors (Lipinski definition) is 3. The summed E-state index contributed by atoms with van der Waals surface area (Å²) in [6.45, 7) is 2.44. The molecule has 4 N–H and O–H groups in total. The highest BCUT2D eigenvalue weighted by Gasteiger charge is 2.04. The molecule has 0 spiro atoms. The Balaban J connectivity index is 1.93. The van der Waals surface area contributed by atoms with Crippen molar-refractivity contribution in [3.05, 3.63) is 59.7 Å². The van der Waals surface area contributed by atoms with Gasteiger partial charge in [-0.3, -0.25) is 0 Å². The van der Waals surface area contributed by atoms with Crippen molar-refractivity contribution in [2.24, 2.45) is 0 Å². The van der Waals surface area contributed by atoms with E-state index in [4.69, 9.17) is 5.73 Å². The fourth-order valence-electron chi connectivity index (χ4n) is 1.72. The van der Waals surface area contributed by atoms with E-state index in [2.05, 4.69) is 10.6 Å². The molecular formula is C15H17N3O. The third-order valence-corrected chi connectivity index (χ3v) is 2.75. The Hall–Kier alpha value is -2.49. The van der Waals surface area contributed by atoms with Crippen LogP contribution in [0.3, 0.4) is 0 Å². The molecule has 0 unspecified atom stereocenters. The second kappa shape index (κ2) is 5.91. The van der Waals surface area contributed by atoms with Gasteiger partial charge < -0.3 is 16.4 Å². The predicted molar refractivity (Wildman–Crippen MR) is 77.9 cm³/mol. The SMILES string of the molecule is Cc1ccc(N)c(NC(=O)NCc2ccccc2)c1.